The molecule has 0 aromatic heterocycles. The number of anilines is 1. The molecule has 98 valence electrons. The molecule has 2 rings (SSSR count). The highest BCUT2D eigenvalue weighted by Gasteiger charge is 2.14. The molecule has 2 aromatic rings. The van der Waals surface area contributed by atoms with E-state index in [1.807, 2.05) is 13.0 Å². The summed E-state index contributed by atoms with van der Waals surface area (Å²) >= 11 is 5.92. The summed E-state index contributed by atoms with van der Waals surface area (Å²) in [5.74, 6) is 0.190. The first kappa shape index (κ1) is 13.2. The van der Waals surface area contributed by atoms with Crippen LogP contribution in [0.25, 0.3) is 0 Å². The fraction of sp³-hybridized carbons (Fsp3) is 0.0714. The van der Waals surface area contributed by atoms with Crippen LogP contribution in [0.1, 0.15) is 15.9 Å². The Kier molecular flexibility index (Phi) is 3.62. The number of ether oxygens (including phenoxy) is 1. The maximum absolute atomic E-state index is 11.4. The minimum Gasteiger partial charge on any atom is -0.454 e. The third-order valence-corrected chi connectivity index (χ3v) is 2.91. The molecule has 0 saturated carbocycles. The predicted octanol–water partition coefficient (Wildman–Crippen LogP) is 3.12. The number of hydrogen-bond acceptors (Lipinski definition) is 3. The molecule has 0 heterocycles. The molecule has 0 unspecified atom stereocenters. The zero-order valence-electron chi connectivity index (χ0n) is 10.3. The Balaban J connectivity index is 2.49. The van der Waals surface area contributed by atoms with Crippen molar-refractivity contribution in [3.05, 3.63) is 52.5 Å². The summed E-state index contributed by atoms with van der Waals surface area (Å²) in [6, 6.07) is 10.1. The van der Waals surface area contributed by atoms with Gasteiger partial charge in [-0.25, -0.2) is 0 Å². The van der Waals surface area contributed by atoms with Crippen molar-refractivity contribution < 1.29 is 9.53 Å². The van der Waals surface area contributed by atoms with Gasteiger partial charge >= 0.3 is 0 Å². The molecule has 4 nitrogen and oxygen atoms in total. The number of primary amides is 1. The van der Waals surface area contributed by atoms with E-state index >= 15 is 0 Å². The van der Waals surface area contributed by atoms with Crippen molar-refractivity contribution in [3.8, 4) is 11.5 Å². The zero-order valence-corrected chi connectivity index (χ0v) is 11.1. The molecule has 0 atom stereocenters. The Morgan fingerprint density at radius 3 is 2.68 bits per heavy atom. The lowest BCUT2D eigenvalue weighted by Crippen LogP contribution is -2.13. The van der Waals surface area contributed by atoms with E-state index in [1.165, 1.54) is 0 Å². The van der Waals surface area contributed by atoms with Crippen LogP contribution < -0.4 is 16.2 Å². The average molecular weight is 277 g/mol. The van der Waals surface area contributed by atoms with Crippen molar-refractivity contribution in [1.29, 1.82) is 0 Å². The summed E-state index contributed by atoms with van der Waals surface area (Å²) in [5, 5.41) is 0.538. The molecule has 0 aliphatic rings. The summed E-state index contributed by atoms with van der Waals surface area (Å²) in [7, 11) is 0. The third-order valence-electron chi connectivity index (χ3n) is 2.67. The van der Waals surface area contributed by atoms with Crippen LogP contribution in [-0.2, 0) is 0 Å². The summed E-state index contributed by atoms with van der Waals surface area (Å²) < 4.78 is 5.70. The molecular formula is C14H13ClN2O2. The van der Waals surface area contributed by atoms with Gasteiger partial charge < -0.3 is 16.2 Å². The fourth-order valence-electron chi connectivity index (χ4n) is 1.66. The van der Waals surface area contributed by atoms with E-state index in [-0.39, 0.29) is 11.3 Å². The highest BCUT2D eigenvalue weighted by Crippen LogP contribution is 2.33. The zero-order chi connectivity index (χ0) is 14.0. The summed E-state index contributed by atoms with van der Waals surface area (Å²) in [5.41, 5.74) is 12.6. The Morgan fingerprint density at radius 1 is 1.26 bits per heavy atom. The van der Waals surface area contributed by atoms with Gasteiger partial charge in [-0.3, -0.25) is 4.79 Å². The van der Waals surface area contributed by atoms with Crippen molar-refractivity contribution in [1.82, 2.24) is 0 Å². The van der Waals surface area contributed by atoms with Gasteiger partial charge in [0, 0.05) is 5.02 Å². The first-order chi connectivity index (χ1) is 8.99. The molecule has 0 spiro atoms. The SMILES string of the molecule is Cc1ccc(Cl)cc1Oc1c(N)cccc1C(N)=O. The topological polar surface area (TPSA) is 78.3 Å². The van der Waals surface area contributed by atoms with Gasteiger partial charge in [-0.2, -0.15) is 0 Å². The van der Waals surface area contributed by atoms with Gasteiger partial charge in [0.1, 0.15) is 5.75 Å². The third kappa shape index (κ3) is 2.80. The van der Waals surface area contributed by atoms with E-state index in [9.17, 15) is 4.79 Å². The molecule has 4 N–H and O–H groups in total. The van der Waals surface area contributed by atoms with Gasteiger partial charge in [0.2, 0.25) is 0 Å². The molecule has 1 amide bonds. The van der Waals surface area contributed by atoms with Crippen LogP contribution in [0.3, 0.4) is 0 Å². The second-order valence-corrected chi connectivity index (χ2v) is 4.54. The minimum absolute atomic E-state index is 0.236. The number of amides is 1. The predicted molar refractivity (Wildman–Crippen MR) is 75.6 cm³/mol. The van der Waals surface area contributed by atoms with Gasteiger partial charge in [-0.05, 0) is 36.8 Å². The number of nitrogen functional groups attached to an aromatic ring is 1. The molecule has 0 fully saturated rings. The summed E-state index contributed by atoms with van der Waals surface area (Å²) in [4.78, 5) is 11.4. The minimum atomic E-state index is -0.595. The van der Waals surface area contributed by atoms with Crippen LogP contribution >= 0.6 is 11.6 Å². The van der Waals surface area contributed by atoms with E-state index in [0.29, 0.717) is 16.5 Å². The number of para-hydroxylation sites is 1. The molecule has 0 radical (unpaired) electrons. The molecule has 0 aliphatic heterocycles. The molecular weight excluding hydrogens is 264 g/mol. The largest absolute Gasteiger partial charge is 0.454 e. The number of nitrogens with two attached hydrogens (primary N) is 2. The van der Waals surface area contributed by atoms with Crippen LogP contribution in [0.2, 0.25) is 5.02 Å². The average Bonchev–Trinajstić information content (AvgIpc) is 2.35. The van der Waals surface area contributed by atoms with E-state index in [0.717, 1.165) is 5.56 Å². The molecule has 0 bridgehead atoms. The number of carbonyl (C=O) groups excluding carboxylic acids is 1. The van der Waals surface area contributed by atoms with Gasteiger partial charge in [0.15, 0.2) is 5.75 Å². The van der Waals surface area contributed by atoms with Gasteiger partial charge in [-0.1, -0.05) is 23.7 Å². The molecule has 0 saturated heterocycles. The number of halogens is 1. The fourth-order valence-corrected chi connectivity index (χ4v) is 1.82. The lowest BCUT2D eigenvalue weighted by atomic mass is 10.1. The highest BCUT2D eigenvalue weighted by atomic mass is 35.5. The number of aryl methyl sites for hydroxylation is 1. The summed E-state index contributed by atoms with van der Waals surface area (Å²) in [6.07, 6.45) is 0. The monoisotopic (exact) mass is 276 g/mol. The van der Waals surface area contributed by atoms with Crippen molar-refractivity contribution in [2.24, 2.45) is 5.73 Å². The maximum Gasteiger partial charge on any atom is 0.252 e. The van der Waals surface area contributed by atoms with Gasteiger partial charge in [0.05, 0.1) is 11.3 Å². The molecule has 19 heavy (non-hydrogen) atoms. The molecule has 0 aliphatic carbocycles. The van der Waals surface area contributed by atoms with Crippen LogP contribution in [0.4, 0.5) is 5.69 Å². The Hall–Kier alpha value is -2.20. The Bertz CT molecular complexity index is 641. The van der Waals surface area contributed by atoms with Crippen LogP contribution in [0.15, 0.2) is 36.4 Å². The first-order valence-electron chi connectivity index (χ1n) is 5.61. The van der Waals surface area contributed by atoms with Gasteiger partial charge in [0.25, 0.3) is 5.91 Å². The van der Waals surface area contributed by atoms with Crippen molar-refractivity contribution in [3.63, 3.8) is 0 Å². The van der Waals surface area contributed by atoms with Crippen molar-refractivity contribution in [2.75, 3.05) is 5.73 Å². The van der Waals surface area contributed by atoms with Crippen LogP contribution in [-0.4, -0.2) is 5.91 Å². The Labute approximate surface area is 115 Å². The lowest BCUT2D eigenvalue weighted by Gasteiger charge is -2.13. The second kappa shape index (κ2) is 5.20. The number of hydrogen-bond donors (Lipinski definition) is 2. The maximum atomic E-state index is 11.4. The second-order valence-electron chi connectivity index (χ2n) is 4.10. The quantitative estimate of drug-likeness (QED) is 0.846. The highest BCUT2D eigenvalue weighted by molar-refractivity contribution is 6.30. The van der Waals surface area contributed by atoms with Crippen molar-refractivity contribution >= 4 is 23.2 Å². The first-order valence-corrected chi connectivity index (χ1v) is 5.99. The number of carbonyl (C=O) groups is 1. The summed E-state index contributed by atoms with van der Waals surface area (Å²) in [6.45, 7) is 1.87. The number of rotatable bonds is 3. The van der Waals surface area contributed by atoms with Crippen LogP contribution in [0, 0.1) is 6.92 Å². The van der Waals surface area contributed by atoms with E-state index in [2.05, 4.69) is 0 Å². The Morgan fingerprint density at radius 2 is 2.00 bits per heavy atom. The molecule has 2 aromatic carbocycles. The molecule has 5 heteroatoms. The standard InChI is InChI=1S/C14H13ClN2O2/c1-8-5-6-9(15)7-12(8)19-13-10(14(17)18)3-2-4-11(13)16/h2-7H,16H2,1H3,(H2,17,18). The smallest absolute Gasteiger partial charge is 0.252 e. The van der Waals surface area contributed by atoms with E-state index in [4.69, 9.17) is 27.8 Å². The van der Waals surface area contributed by atoms with E-state index in [1.54, 1.807) is 30.3 Å². The van der Waals surface area contributed by atoms with Crippen LogP contribution in [0.5, 0.6) is 11.5 Å². The number of benzene rings is 2. The lowest BCUT2D eigenvalue weighted by molar-refractivity contribution is 0.0998. The van der Waals surface area contributed by atoms with Crippen molar-refractivity contribution in [2.45, 2.75) is 6.92 Å². The van der Waals surface area contributed by atoms with Gasteiger partial charge in [-0.15, -0.1) is 0 Å². The van der Waals surface area contributed by atoms with E-state index < -0.39 is 5.91 Å². The normalized spacial score (nSPS) is 10.2.